The number of hydrogen-bond acceptors (Lipinski definition) is 3. The van der Waals surface area contributed by atoms with Crippen LogP contribution in [0.25, 0.3) is 0 Å². The lowest BCUT2D eigenvalue weighted by Crippen LogP contribution is -1.92. The van der Waals surface area contributed by atoms with Crippen LogP contribution in [0.1, 0.15) is 0 Å². The second-order valence-corrected chi connectivity index (χ2v) is 6.28. The normalized spacial score (nSPS) is 12.1. The smallest absolute Gasteiger partial charge is 0.147 e. The van der Waals surface area contributed by atoms with E-state index in [4.69, 9.17) is 34.8 Å². The molecule has 2 aromatic rings. The second kappa shape index (κ2) is 5.02. The van der Waals surface area contributed by atoms with E-state index in [0.29, 0.717) is 19.7 Å². The molecule has 7 heteroatoms. The van der Waals surface area contributed by atoms with Gasteiger partial charge in [0.05, 0.1) is 10.7 Å². The molecule has 0 amide bonds. The highest BCUT2D eigenvalue weighted by atomic mass is 35.5. The van der Waals surface area contributed by atoms with Crippen LogP contribution in [0.2, 0.25) is 14.4 Å². The average molecular weight is 315 g/mol. The number of halogens is 4. The predicted molar refractivity (Wildman–Crippen MR) is 68.8 cm³/mol. The van der Waals surface area contributed by atoms with Gasteiger partial charge in [-0.2, -0.15) is 0 Å². The van der Waals surface area contributed by atoms with Crippen molar-refractivity contribution in [2.24, 2.45) is 4.99 Å². The third-order valence-electron chi connectivity index (χ3n) is 1.69. The molecule has 1 nitrogen and oxygen atoms in total. The summed E-state index contributed by atoms with van der Waals surface area (Å²) in [5, 5.41) is 0.641. The third-order valence-corrected chi connectivity index (χ3v) is 5.48. The van der Waals surface area contributed by atoms with Crippen molar-refractivity contribution in [1.82, 2.24) is 0 Å². The predicted octanol–water partition coefficient (Wildman–Crippen LogP) is 5.14. The van der Waals surface area contributed by atoms with Crippen LogP contribution in [0.4, 0.5) is 10.1 Å². The van der Waals surface area contributed by atoms with E-state index >= 15 is 0 Å². The summed E-state index contributed by atoms with van der Waals surface area (Å²) in [5.41, 5.74) is 0.468. The van der Waals surface area contributed by atoms with Gasteiger partial charge in [-0.05, 0) is 18.2 Å². The first-order valence-electron chi connectivity index (χ1n) is 4.02. The van der Waals surface area contributed by atoms with Gasteiger partial charge in [0.25, 0.3) is 0 Å². The SMILES string of the molecule is Fc1ccc(N=c2ssc(Cl)c2Cl)c(Cl)c1. The molecule has 0 unspecified atom stereocenters. The van der Waals surface area contributed by atoms with Crippen LogP contribution in [-0.2, 0) is 0 Å². The Kier molecular flexibility index (Phi) is 3.87. The van der Waals surface area contributed by atoms with Crippen LogP contribution in [0.15, 0.2) is 23.2 Å². The van der Waals surface area contributed by atoms with Crippen LogP contribution in [0.5, 0.6) is 0 Å². The average Bonchev–Trinajstić information content (AvgIpc) is 2.54. The molecule has 0 fully saturated rings. The highest BCUT2D eigenvalue weighted by Crippen LogP contribution is 2.29. The Morgan fingerprint density at radius 2 is 1.88 bits per heavy atom. The van der Waals surface area contributed by atoms with Crippen molar-refractivity contribution in [3.05, 3.63) is 43.1 Å². The van der Waals surface area contributed by atoms with Crippen LogP contribution in [0, 0.1) is 5.82 Å². The minimum Gasteiger partial charge on any atom is -0.234 e. The van der Waals surface area contributed by atoms with Crippen molar-refractivity contribution >= 4 is 61.2 Å². The summed E-state index contributed by atoms with van der Waals surface area (Å²) in [6, 6.07) is 3.98. The minimum atomic E-state index is -0.401. The lowest BCUT2D eigenvalue weighted by atomic mass is 10.3. The monoisotopic (exact) mass is 313 g/mol. The van der Waals surface area contributed by atoms with Crippen molar-refractivity contribution in [3.63, 3.8) is 0 Å². The molecule has 84 valence electrons. The minimum absolute atomic E-state index is 0.241. The van der Waals surface area contributed by atoms with Gasteiger partial charge in [0.2, 0.25) is 0 Å². The maximum atomic E-state index is 12.8. The zero-order valence-electron chi connectivity index (χ0n) is 7.51. The Morgan fingerprint density at radius 1 is 1.12 bits per heavy atom. The van der Waals surface area contributed by atoms with Gasteiger partial charge in [-0.1, -0.05) is 55.5 Å². The summed E-state index contributed by atoms with van der Waals surface area (Å²) in [5.74, 6) is -0.401. The summed E-state index contributed by atoms with van der Waals surface area (Å²) in [6.07, 6.45) is 0. The molecule has 1 aromatic carbocycles. The molecule has 0 aliphatic heterocycles. The molecule has 1 aromatic heterocycles. The van der Waals surface area contributed by atoms with Crippen molar-refractivity contribution in [2.45, 2.75) is 0 Å². The number of benzene rings is 1. The number of rotatable bonds is 1. The quantitative estimate of drug-likeness (QED) is 0.646. The molecule has 0 saturated heterocycles. The van der Waals surface area contributed by atoms with Gasteiger partial charge in [0.15, 0.2) is 0 Å². The van der Waals surface area contributed by atoms with E-state index in [1.165, 1.54) is 38.9 Å². The standard InChI is InChI=1S/C9H3Cl3FNS2/c10-5-3-4(13)1-2-6(5)14-9-7(11)8(12)15-16-9/h1-3H. The van der Waals surface area contributed by atoms with Crippen LogP contribution < -0.4 is 4.67 Å². The van der Waals surface area contributed by atoms with E-state index in [2.05, 4.69) is 4.99 Å². The third kappa shape index (κ3) is 2.57. The highest BCUT2D eigenvalue weighted by molar-refractivity contribution is 7.69. The number of hydrogen-bond donors (Lipinski definition) is 0. The van der Waals surface area contributed by atoms with Gasteiger partial charge in [-0.3, -0.25) is 0 Å². The van der Waals surface area contributed by atoms with E-state index in [9.17, 15) is 4.39 Å². The van der Waals surface area contributed by atoms with Gasteiger partial charge >= 0.3 is 0 Å². The molecular formula is C9H3Cl3FNS2. The topological polar surface area (TPSA) is 12.4 Å². The summed E-state index contributed by atoms with van der Waals surface area (Å²) < 4.78 is 13.9. The van der Waals surface area contributed by atoms with E-state index in [1.807, 2.05) is 0 Å². The second-order valence-electron chi connectivity index (χ2n) is 2.77. The summed E-state index contributed by atoms with van der Waals surface area (Å²) in [4.78, 5) is 4.22. The first-order valence-corrected chi connectivity index (χ1v) is 7.30. The largest absolute Gasteiger partial charge is 0.234 e. The maximum Gasteiger partial charge on any atom is 0.147 e. The molecule has 0 saturated carbocycles. The fraction of sp³-hybridized carbons (Fsp3) is 0. The molecule has 0 bridgehead atoms. The zero-order chi connectivity index (χ0) is 11.7. The lowest BCUT2D eigenvalue weighted by molar-refractivity contribution is 0.628. The Balaban J connectivity index is 2.55. The fourth-order valence-electron chi connectivity index (χ4n) is 0.982. The molecule has 1 heterocycles. The lowest BCUT2D eigenvalue weighted by Gasteiger charge is -1.96. The molecule has 0 atom stereocenters. The van der Waals surface area contributed by atoms with Crippen molar-refractivity contribution in [1.29, 1.82) is 0 Å². The molecule has 16 heavy (non-hydrogen) atoms. The van der Waals surface area contributed by atoms with Crippen molar-refractivity contribution < 1.29 is 4.39 Å². The van der Waals surface area contributed by atoms with Gasteiger partial charge in [0.1, 0.15) is 19.8 Å². The van der Waals surface area contributed by atoms with E-state index in [-0.39, 0.29) is 5.02 Å². The highest BCUT2D eigenvalue weighted by Gasteiger charge is 2.05. The summed E-state index contributed by atoms with van der Waals surface area (Å²) in [7, 11) is 2.67. The van der Waals surface area contributed by atoms with Crippen LogP contribution in [-0.4, -0.2) is 0 Å². The number of nitrogens with zero attached hydrogens (tertiary/aromatic N) is 1. The Morgan fingerprint density at radius 3 is 2.44 bits per heavy atom. The van der Waals surface area contributed by atoms with Gasteiger partial charge in [-0.15, -0.1) is 0 Å². The van der Waals surface area contributed by atoms with E-state index in [0.717, 1.165) is 0 Å². The summed E-state index contributed by atoms with van der Waals surface area (Å²) in [6.45, 7) is 0. The molecule has 0 aliphatic carbocycles. The Labute approximate surface area is 113 Å². The first kappa shape index (κ1) is 12.3. The van der Waals surface area contributed by atoms with Crippen molar-refractivity contribution in [2.75, 3.05) is 0 Å². The van der Waals surface area contributed by atoms with Crippen LogP contribution in [0.3, 0.4) is 0 Å². The molecular weight excluding hydrogens is 312 g/mol. The molecule has 0 aliphatic rings. The first-order chi connectivity index (χ1) is 7.58. The van der Waals surface area contributed by atoms with E-state index < -0.39 is 5.82 Å². The van der Waals surface area contributed by atoms with Gasteiger partial charge < -0.3 is 0 Å². The molecule has 2 rings (SSSR count). The maximum absolute atomic E-state index is 12.8. The van der Waals surface area contributed by atoms with Gasteiger partial charge in [0, 0.05) is 0 Å². The molecule has 0 N–H and O–H groups in total. The molecule has 0 spiro atoms. The van der Waals surface area contributed by atoms with Crippen LogP contribution >= 0.6 is 55.5 Å². The molecule has 0 radical (unpaired) electrons. The zero-order valence-corrected chi connectivity index (χ0v) is 11.4. The fourth-order valence-corrected chi connectivity index (χ4v) is 3.93. The van der Waals surface area contributed by atoms with Crippen molar-refractivity contribution in [3.8, 4) is 0 Å². The van der Waals surface area contributed by atoms with E-state index in [1.54, 1.807) is 0 Å². The Bertz CT molecular complexity index is 591. The van der Waals surface area contributed by atoms with Gasteiger partial charge in [-0.25, -0.2) is 9.38 Å². The summed E-state index contributed by atoms with van der Waals surface area (Å²) >= 11 is 17.6. The Hall–Kier alpha value is -0.130.